The number of aromatic hydroxyl groups is 1. The molecule has 4 nitrogen and oxygen atoms in total. The predicted octanol–water partition coefficient (Wildman–Crippen LogP) is 2.05. The maximum atomic E-state index is 11.7. The lowest BCUT2D eigenvalue weighted by atomic mass is 10.2. The van der Waals surface area contributed by atoms with Crippen LogP contribution < -0.4 is 11.1 Å². The molecule has 1 aromatic carbocycles. The number of halogens is 2. The summed E-state index contributed by atoms with van der Waals surface area (Å²) in [5.74, 6) is -0.282. The van der Waals surface area contributed by atoms with E-state index in [0.717, 1.165) is 17.3 Å². The molecule has 0 saturated carbocycles. The van der Waals surface area contributed by atoms with Gasteiger partial charge >= 0.3 is 0 Å². The van der Waals surface area contributed by atoms with Gasteiger partial charge in [0.25, 0.3) is 5.91 Å². The normalized spacial score (nSPS) is 9.53. The van der Waals surface area contributed by atoms with Crippen molar-refractivity contribution < 1.29 is 9.90 Å². The molecule has 0 atom stereocenters. The molecule has 0 fully saturated rings. The zero-order chi connectivity index (χ0) is 12.0. The molecule has 0 aromatic heterocycles. The monoisotopic (exact) mass is 322 g/mol. The van der Waals surface area contributed by atoms with E-state index in [1.165, 1.54) is 6.07 Å². The molecule has 96 valence electrons. The molecule has 0 aliphatic heterocycles. The third-order valence-corrected chi connectivity index (χ3v) is 2.61. The number of phenolic OH excluding ortho intramolecular Hbond substituents is 1. The third kappa shape index (κ3) is 5.39. The van der Waals surface area contributed by atoms with E-state index < -0.39 is 0 Å². The second kappa shape index (κ2) is 8.33. The lowest BCUT2D eigenvalue weighted by Gasteiger charge is -2.06. The van der Waals surface area contributed by atoms with Gasteiger partial charge in [-0.15, -0.1) is 12.4 Å². The number of carbonyl (C=O) groups is 1. The highest BCUT2D eigenvalue weighted by Gasteiger charge is 2.10. The van der Waals surface area contributed by atoms with Crippen LogP contribution >= 0.6 is 28.3 Å². The van der Waals surface area contributed by atoms with Crippen molar-refractivity contribution in [1.29, 1.82) is 0 Å². The number of hydrogen-bond acceptors (Lipinski definition) is 3. The van der Waals surface area contributed by atoms with Crippen molar-refractivity contribution in [3.05, 3.63) is 28.2 Å². The number of carbonyl (C=O) groups excluding carboxylic acids is 1. The Labute approximate surface area is 115 Å². The van der Waals surface area contributed by atoms with Crippen LogP contribution in [-0.4, -0.2) is 24.1 Å². The van der Waals surface area contributed by atoms with Crippen LogP contribution in [0.25, 0.3) is 0 Å². The first-order valence-corrected chi connectivity index (χ1v) is 5.91. The Hall–Kier alpha value is -0.780. The average Bonchev–Trinajstić information content (AvgIpc) is 2.27. The van der Waals surface area contributed by atoms with Gasteiger partial charge in [0, 0.05) is 11.0 Å². The summed E-state index contributed by atoms with van der Waals surface area (Å²) >= 11 is 3.25. The van der Waals surface area contributed by atoms with Crippen LogP contribution in [0.5, 0.6) is 5.75 Å². The highest BCUT2D eigenvalue weighted by atomic mass is 79.9. The van der Waals surface area contributed by atoms with Gasteiger partial charge in [0.1, 0.15) is 5.75 Å². The summed E-state index contributed by atoms with van der Waals surface area (Å²) in [6, 6.07) is 4.76. The molecule has 0 bridgehead atoms. The maximum Gasteiger partial charge on any atom is 0.255 e. The number of nitrogens with one attached hydrogen (secondary N) is 1. The standard InChI is InChI=1S/C11H15BrN2O2.ClH/c12-8-3-4-10(15)9(7-8)11(16)14-6-2-1-5-13;/h3-4,7,15H,1-2,5-6,13H2,(H,14,16);1H. The van der Waals surface area contributed by atoms with Gasteiger partial charge in [0.15, 0.2) is 0 Å². The largest absolute Gasteiger partial charge is 0.507 e. The molecule has 0 spiro atoms. The fourth-order valence-electron chi connectivity index (χ4n) is 1.26. The first kappa shape index (κ1) is 16.2. The molecule has 1 rings (SSSR count). The zero-order valence-electron chi connectivity index (χ0n) is 9.28. The number of unbranched alkanes of at least 4 members (excludes halogenated alkanes) is 1. The first-order valence-electron chi connectivity index (χ1n) is 5.12. The molecule has 6 heteroatoms. The van der Waals surface area contributed by atoms with Crippen molar-refractivity contribution in [2.45, 2.75) is 12.8 Å². The quantitative estimate of drug-likeness (QED) is 0.726. The Morgan fingerprint density at radius 2 is 2.12 bits per heavy atom. The first-order chi connectivity index (χ1) is 7.65. The Morgan fingerprint density at radius 3 is 2.76 bits per heavy atom. The van der Waals surface area contributed by atoms with Gasteiger partial charge in [-0.2, -0.15) is 0 Å². The van der Waals surface area contributed by atoms with Crippen molar-refractivity contribution in [2.75, 3.05) is 13.1 Å². The van der Waals surface area contributed by atoms with E-state index >= 15 is 0 Å². The van der Waals surface area contributed by atoms with Crippen LogP contribution in [0, 0.1) is 0 Å². The van der Waals surface area contributed by atoms with Crippen molar-refractivity contribution >= 4 is 34.2 Å². The molecule has 1 amide bonds. The lowest BCUT2D eigenvalue weighted by Crippen LogP contribution is -2.24. The minimum atomic E-state index is -0.268. The number of rotatable bonds is 5. The van der Waals surface area contributed by atoms with Gasteiger partial charge in [-0.3, -0.25) is 4.79 Å². The van der Waals surface area contributed by atoms with E-state index in [9.17, 15) is 9.90 Å². The third-order valence-electron chi connectivity index (χ3n) is 2.12. The second-order valence-corrected chi connectivity index (χ2v) is 4.33. The fraction of sp³-hybridized carbons (Fsp3) is 0.364. The van der Waals surface area contributed by atoms with Crippen LogP contribution in [-0.2, 0) is 0 Å². The van der Waals surface area contributed by atoms with Crippen molar-refractivity contribution in [3.63, 3.8) is 0 Å². The van der Waals surface area contributed by atoms with E-state index in [-0.39, 0.29) is 29.6 Å². The maximum absolute atomic E-state index is 11.7. The van der Waals surface area contributed by atoms with E-state index in [1.807, 2.05) is 0 Å². The lowest BCUT2D eigenvalue weighted by molar-refractivity contribution is 0.0950. The number of benzene rings is 1. The molecule has 1 aromatic rings. The Kier molecular flexibility index (Phi) is 7.95. The summed E-state index contributed by atoms with van der Waals surface area (Å²) in [5, 5.41) is 12.2. The topological polar surface area (TPSA) is 75.3 Å². The number of amides is 1. The zero-order valence-corrected chi connectivity index (χ0v) is 11.7. The Balaban J connectivity index is 0.00000256. The fourth-order valence-corrected chi connectivity index (χ4v) is 1.62. The Bertz CT molecular complexity index is 374. The summed E-state index contributed by atoms with van der Waals surface area (Å²) in [6.45, 7) is 1.19. The van der Waals surface area contributed by atoms with Crippen LogP contribution in [0.15, 0.2) is 22.7 Å². The average molecular weight is 324 g/mol. The molecular formula is C11H16BrClN2O2. The molecule has 0 aliphatic rings. The van der Waals surface area contributed by atoms with E-state index in [1.54, 1.807) is 12.1 Å². The van der Waals surface area contributed by atoms with Crippen LogP contribution in [0.4, 0.5) is 0 Å². The van der Waals surface area contributed by atoms with E-state index in [2.05, 4.69) is 21.2 Å². The molecule has 0 radical (unpaired) electrons. The van der Waals surface area contributed by atoms with Gasteiger partial charge in [0.2, 0.25) is 0 Å². The van der Waals surface area contributed by atoms with Gasteiger partial charge < -0.3 is 16.2 Å². The highest BCUT2D eigenvalue weighted by Crippen LogP contribution is 2.21. The summed E-state index contributed by atoms with van der Waals surface area (Å²) < 4.78 is 0.761. The minimum Gasteiger partial charge on any atom is -0.507 e. The van der Waals surface area contributed by atoms with Gasteiger partial charge in [0.05, 0.1) is 5.56 Å². The smallest absolute Gasteiger partial charge is 0.255 e. The van der Waals surface area contributed by atoms with Crippen molar-refractivity contribution in [3.8, 4) is 5.75 Å². The highest BCUT2D eigenvalue weighted by molar-refractivity contribution is 9.10. The minimum absolute atomic E-state index is 0. The molecule has 0 aliphatic carbocycles. The summed E-state index contributed by atoms with van der Waals surface area (Å²) in [5.41, 5.74) is 5.62. The summed E-state index contributed by atoms with van der Waals surface area (Å²) in [4.78, 5) is 11.7. The van der Waals surface area contributed by atoms with Gasteiger partial charge in [-0.25, -0.2) is 0 Å². The summed E-state index contributed by atoms with van der Waals surface area (Å²) in [6.07, 6.45) is 1.72. The number of hydrogen-bond donors (Lipinski definition) is 3. The van der Waals surface area contributed by atoms with Crippen LogP contribution in [0.2, 0.25) is 0 Å². The molecule has 17 heavy (non-hydrogen) atoms. The number of phenols is 1. The van der Waals surface area contributed by atoms with Gasteiger partial charge in [-0.1, -0.05) is 15.9 Å². The van der Waals surface area contributed by atoms with Crippen LogP contribution in [0.1, 0.15) is 23.2 Å². The molecule has 0 heterocycles. The molecule has 0 saturated heterocycles. The number of nitrogens with two attached hydrogens (primary N) is 1. The second-order valence-electron chi connectivity index (χ2n) is 3.41. The molecule has 4 N–H and O–H groups in total. The molecular weight excluding hydrogens is 307 g/mol. The van der Waals surface area contributed by atoms with Crippen LogP contribution in [0.3, 0.4) is 0 Å². The van der Waals surface area contributed by atoms with E-state index in [0.29, 0.717) is 13.1 Å². The van der Waals surface area contributed by atoms with Gasteiger partial charge in [-0.05, 0) is 37.6 Å². The predicted molar refractivity (Wildman–Crippen MR) is 73.7 cm³/mol. The molecule has 0 unspecified atom stereocenters. The van der Waals surface area contributed by atoms with Crippen molar-refractivity contribution in [2.24, 2.45) is 5.73 Å². The summed E-state index contributed by atoms with van der Waals surface area (Å²) in [7, 11) is 0. The van der Waals surface area contributed by atoms with Crippen molar-refractivity contribution in [1.82, 2.24) is 5.32 Å². The SMILES string of the molecule is Cl.NCCCCNC(=O)c1cc(Br)ccc1O. The van der Waals surface area contributed by atoms with E-state index in [4.69, 9.17) is 5.73 Å². The Morgan fingerprint density at radius 1 is 1.41 bits per heavy atom.